The SMILES string of the molecule is Cc1ccc(C(=O)N(CCCN)C(c2nc3c(cc2Cc2ccccc2)=CCC(Cl)C=3)C(C)C)cc1.Cc1ccc(C(=O)N(CCCN)C(c2nc3cc(Cl)ccc3cc2Cc2ccccc2)C(C)C)cc1F. The van der Waals surface area contributed by atoms with Crippen molar-refractivity contribution in [3.63, 3.8) is 0 Å². The molecule has 0 aliphatic heterocycles. The number of hydrogen-bond donors (Lipinski definition) is 2. The summed E-state index contributed by atoms with van der Waals surface area (Å²) < 4.78 is 14.4. The normalized spacial score (nSPS) is 13.8. The number of nitrogens with zero attached hydrogens (tertiary/aromatic N) is 4. The number of halogens is 3. The lowest BCUT2D eigenvalue weighted by Crippen LogP contribution is -2.42. The van der Waals surface area contributed by atoms with Gasteiger partial charge in [0.1, 0.15) is 5.82 Å². The van der Waals surface area contributed by atoms with Gasteiger partial charge in [-0.3, -0.25) is 19.6 Å². The second kappa shape index (κ2) is 25.6. The maximum absolute atomic E-state index is 14.4. The van der Waals surface area contributed by atoms with Gasteiger partial charge >= 0.3 is 0 Å². The van der Waals surface area contributed by atoms with Crippen LogP contribution in [0.2, 0.25) is 5.02 Å². The van der Waals surface area contributed by atoms with E-state index in [4.69, 9.17) is 44.6 Å². The van der Waals surface area contributed by atoms with E-state index < -0.39 is 5.82 Å². The third-order valence-corrected chi connectivity index (χ3v) is 13.9. The van der Waals surface area contributed by atoms with Crippen molar-refractivity contribution in [2.24, 2.45) is 23.3 Å². The van der Waals surface area contributed by atoms with Crippen molar-refractivity contribution in [3.8, 4) is 0 Å². The number of rotatable bonds is 18. The molecule has 4 N–H and O–H groups in total. The number of hydrogen-bond acceptors (Lipinski definition) is 6. The van der Waals surface area contributed by atoms with Gasteiger partial charge in [0.15, 0.2) is 0 Å². The van der Waals surface area contributed by atoms with Crippen molar-refractivity contribution in [1.82, 2.24) is 19.8 Å². The Balaban J connectivity index is 0.000000214. The first-order chi connectivity index (χ1) is 35.1. The third kappa shape index (κ3) is 13.9. The molecule has 8 nitrogen and oxygen atoms in total. The molecule has 0 saturated heterocycles. The van der Waals surface area contributed by atoms with Gasteiger partial charge in [0.05, 0.1) is 39.7 Å². The Morgan fingerprint density at radius 1 is 0.671 bits per heavy atom. The molecule has 73 heavy (non-hydrogen) atoms. The lowest BCUT2D eigenvalue weighted by atomic mass is 9.90. The van der Waals surface area contributed by atoms with Gasteiger partial charge in [0.25, 0.3) is 11.8 Å². The van der Waals surface area contributed by atoms with Gasteiger partial charge in [-0.2, -0.15) is 0 Å². The van der Waals surface area contributed by atoms with Crippen LogP contribution in [-0.2, 0) is 12.8 Å². The molecular weight excluding hydrogens is 951 g/mol. The number of nitrogens with two attached hydrogens (primary N) is 2. The van der Waals surface area contributed by atoms with Crippen molar-refractivity contribution in [3.05, 3.63) is 211 Å². The van der Waals surface area contributed by atoms with Crippen LogP contribution < -0.4 is 22.0 Å². The summed E-state index contributed by atoms with van der Waals surface area (Å²) in [6, 6.07) is 42.7. The van der Waals surface area contributed by atoms with Gasteiger partial charge in [-0.1, -0.05) is 136 Å². The number of alkyl halides is 1. The van der Waals surface area contributed by atoms with Crippen LogP contribution in [0.15, 0.2) is 133 Å². The summed E-state index contributed by atoms with van der Waals surface area (Å²) in [5.41, 5.74) is 21.5. The van der Waals surface area contributed by atoms with Crippen LogP contribution in [0.4, 0.5) is 4.39 Å². The van der Waals surface area contributed by atoms with Crippen LogP contribution in [0.5, 0.6) is 0 Å². The summed E-state index contributed by atoms with van der Waals surface area (Å²) in [5, 5.41) is 3.54. The number of benzene rings is 5. The van der Waals surface area contributed by atoms with Crippen LogP contribution in [0.25, 0.3) is 23.1 Å². The first-order valence-electron chi connectivity index (χ1n) is 25.5. The Bertz CT molecular complexity index is 3110. The highest BCUT2D eigenvalue weighted by molar-refractivity contribution is 6.31. The van der Waals surface area contributed by atoms with E-state index in [9.17, 15) is 14.0 Å². The zero-order valence-corrected chi connectivity index (χ0v) is 44.5. The van der Waals surface area contributed by atoms with Gasteiger partial charge in [0.2, 0.25) is 0 Å². The minimum absolute atomic E-state index is 0.0121. The van der Waals surface area contributed by atoms with E-state index in [2.05, 4.69) is 82.3 Å². The molecule has 0 fully saturated rings. The van der Waals surface area contributed by atoms with E-state index in [1.165, 1.54) is 11.6 Å². The Morgan fingerprint density at radius 2 is 1.21 bits per heavy atom. The van der Waals surface area contributed by atoms with E-state index in [0.717, 1.165) is 74.4 Å². The Hall–Kier alpha value is -6.23. The average Bonchev–Trinajstić information content (AvgIpc) is 3.37. The largest absolute Gasteiger partial charge is 0.330 e. The summed E-state index contributed by atoms with van der Waals surface area (Å²) in [6.45, 7) is 14.2. The average molecular weight is 1020 g/mol. The summed E-state index contributed by atoms with van der Waals surface area (Å²) in [7, 11) is 0. The van der Waals surface area contributed by atoms with Gasteiger partial charge in [-0.15, -0.1) is 11.6 Å². The number of pyridine rings is 2. The summed E-state index contributed by atoms with van der Waals surface area (Å²) in [5.74, 6) is -0.427. The maximum Gasteiger partial charge on any atom is 0.254 e. The van der Waals surface area contributed by atoms with Gasteiger partial charge < -0.3 is 21.3 Å². The molecule has 2 amide bonds. The molecule has 2 aromatic heterocycles. The van der Waals surface area contributed by atoms with Crippen LogP contribution in [0.3, 0.4) is 0 Å². The maximum atomic E-state index is 14.4. The van der Waals surface area contributed by atoms with E-state index in [1.807, 2.05) is 89.5 Å². The van der Waals surface area contributed by atoms with E-state index >= 15 is 0 Å². The number of aryl methyl sites for hydroxylation is 2. The molecule has 3 unspecified atom stereocenters. The molecule has 8 rings (SSSR count). The van der Waals surface area contributed by atoms with Crippen LogP contribution in [0, 0.1) is 31.5 Å². The zero-order chi connectivity index (χ0) is 52.2. The summed E-state index contributed by atoms with van der Waals surface area (Å²) in [4.78, 5) is 41.9. The Morgan fingerprint density at radius 3 is 1.75 bits per heavy atom. The molecule has 1 aliphatic rings. The topological polar surface area (TPSA) is 118 Å². The second-order valence-corrected chi connectivity index (χ2v) is 20.8. The minimum Gasteiger partial charge on any atom is -0.330 e. The fourth-order valence-electron chi connectivity index (χ4n) is 9.66. The minimum atomic E-state index is -0.394. The van der Waals surface area contributed by atoms with E-state index in [0.29, 0.717) is 60.7 Å². The number of carbonyl (C=O) groups is 2. The van der Waals surface area contributed by atoms with Crippen molar-refractivity contribution in [2.45, 2.75) is 91.1 Å². The highest BCUT2D eigenvalue weighted by atomic mass is 35.5. The van der Waals surface area contributed by atoms with Crippen LogP contribution in [0.1, 0.15) is 125 Å². The molecular formula is C62H69Cl2FN6O2. The quantitative estimate of drug-likeness (QED) is 0.0827. The highest BCUT2D eigenvalue weighted by Crippen LogP contribution is 2.36. The molecule has 0 saturated carbocycles. The van der Waals surface area contributed by atoms with E-state index in [1.54, 1.807) is 19.1 Å². The molecule has 0 bridgehead atoms. The first kappa shape index (κ1) is 54.5. The number of carbonyl (C=O) groups excluding carboxylic acids is 2. The van der Waals surface area contributed by atoms with Crippen LogP contribution >= 0.6 is 23.2 Å². The molecule has 0 radical (unpaired) electrons. The predicted octanol–water partition coefficient (Wildman–Crippen LogP) is 11.9. The van der Waals surface area contributed by atoms with Crippen molar-refractivity contribution >= 4 is 58.1 Å². The van der Waals surface area contributed by atoms with Crippen molar-refractivity contribution < 1.29 is 14.0 Å². The smallest absolute Gasteiger partial charge is 0.254 e. The summed E-state index contributed by atoms with van der Waals surface area (Å²) in [6.07, 6.45) is 7.77. The fraction of sp³-hybridized carbons (Fsp3) is 0.323. The Kier molecular flexibility index (Phi) is 19.1. The van der Waals surface area contributed by atoms with Crippen molar-refractivity contribution in [2.75, 3.05) is 26.2 Å². The molecule has 3 atom stereocenters. The fourth-order valence-corrected chi connectivity index (χ4v) is 10.0. The number of aromatic nitrogens is 2. The van der Waals surface area contributed by atoms with Gasteiger partial charge in [-0.05, 0) is 159 Å². The second-order valence-electron chi connectivity index (χ2n) is 19.8. The lowest BCUT2D eigenvalue weighted by Gasteiger charge is -2.35. The summed E-state index contributed by atoms with van der Waals surface area (Å²) >= 11 is 12.8. The van der Waals surface area contributed by atoms with Gasteiger partial charge in [0, 0.05) is 34.6 Å². The molecule has 7 aromatic rings. The molecule has 0 spiro atoms. The third-order valence-electron chi connectivity index (χ3n) is 13.4. The predicted molar refractivity (Wildman–Crippen MR) is 299 cm³/mol. The first-order valence-corrected chi connectivity index (χ1v) is 26.3. The number of amides is 2. The number of fused-ring (bicyclic) bond motifs is 2. The van der Waals surface area contributed by atoms with Crippen molar-refractivity contribution in [1.29, 1.82) is 0 Å². The molecule has 1 aliphatic carbocycles. The zero-order valence-electron chi connectivity index (χ0n) is 43.0. The standard InChI is InChI=1S/C31H33ClFN3O.C31H36ClN3O/c1-20(2)30(36(15-7-14-34)31(37)24-11-10-21(3)27(33)18-24)29-25(16-22-8-5-4-6-9-22)17-23-12-13-26(32)19-28(23)35-29;1-21(2)30(35(17-7-16-33)31(36)24-12-10-22(3)11-13-24)29-26(18-23-8-5-4-6-9-23)19-25-14-15-27(32)20-28(25)34-29/h4-6,8-13,17-20,30H,7,14-16,34H2,1-3H3;4-6,8-14,19-21,27,30H,7,15-18,33H2,1-3H3. The molecule has 2 heterocycles. The molecule has 380 valence electrons. The molecule has 11 heteroatoms. The van der Waals surface area contributed by atoms with Gasteiger partial charge in [-0.25, -0.2) is 4.39 Å². The molecule has 5 aromatic carbocycles. The van der Waals surface area contributed by atoms with E-state index in [-0.39, 0.29) is 41.1 Å². The highest BCUT2D eigenvalue weighted by Gasteiger charge is 2.33. The Labute approximate surface area is 441 Å². The monoisotopic (exact) mass is 1020 g/mol. The van der Waals surface area contributed by atoms with Crippen LogP contribution in [-0.4, -0.2) is 63.1 Å². The lowest BCUT2D eigenvalue weighted by molar-refractivity contribution is 0.0608.